The Hall–Kier alpha value is -3.28. The highest BCUT2D eigenvalue weighted by atomic mass is 16.2. The quantitative estimate of drug-likeness (QED) is 0.765. The number of aryl methyl sites for hydroxylation is 1. The topological polar surface area (TPSA) is 75.2 Å². The molecule has 0 radical (unpaired) electrons. The molecule has 0 saturated carbocycles. The van der Waals surface area contributed by atoms with Gasteiger partial charge in [-0.2, -0.15) is 0 Å². The Balaban J connectivity index is 1.62. The molecule has 0 aliphatic carbocycles. The Labute approximate surface area is 163 Å². The van der Waals surface area contributed by atoms with Crippen molar-refractivity contribution in [2.24, 2.45) is 0 Å². The maximum absolute atomic E-state index is 12.8. The van der Waals surface area contributed by atoms with Crippen LogP contribution in [0.4, 0.5) is 0 Å². The fraction of sp³-hybridized carbons (Fsp3) is 0.273. The standard InChI is InChI=1S/C22H22N4O2/c1-14-23-19-9-4-3-8-18(19)21(24-14)15-6-5-7-16(12-15)22(28)25-17-10-11-20(27)26(2)13-17/h3-9,12,17H,10-11,13H2,1-2H3,(H,25,28)/t17-/m1/s1. The van der Waals surface area contributed by atoms with Crippen molar-refractivity contribution in [3.8, 4) is 11.3 Å². The third-order valence-corrected chi connectivity index (χ3v) is 5.08. The Kier molecular flexibility index (Phi) is 4.77. The Bertz CT molecular complexity index is 1060. The lowest BCUT2D eigenvalue weighted by Gasteiger charge is -2.30. The minimum atomic E-state index is -0.135. The van der Waals surface area contributed by atoms with Crippen LogP contribution in [-0.4, -0.2) is 46.3 Å². The summed E-state index contributed by atoms with van der Waals surface area (Å²) in [5.74, 6) is 0.682. The molecule has 1 fully saturated rings. The van der Waals surface area contributed by atoms with Crippen LogP contribution in [0.5, 0.6) is 0 Å². The lowest BCUT2D eigenvalue weighted by Crippen LogP contribution is -2.48. The lowest BCUT2D eigenvalue weighted by molar-refractivity contribution is -0.132. The summed E-state index contributed by atoms with van der Waals surface area (Å²) >= 11 is 0. The summed E-state index contributed by atoms with van der Waals surface area (Å²) in [6.07, 6.45) is 1.14. The fourth-order valence-electron chi connectivity index (χ4n) is 3.62. The molecule has 0 bridgehead atoms. The second-order valence-corrected chi connectivity index (χ2v) is 7.20. The zero-order valence-electron chi connectivity index (χ0n) is 16.0. The number of hydrogen-bond acceptors (Lipinski definition) is 4. The molecule has 1 saturated heterocycles. The summed E-state index contributed by atoms with van der Waals surface area (Å²) in [6.45, 7) is 2.41. The average Bonchev–Trinajstić information content (AvgIpc) is 2.70. The van der Waals surface area contributed by atoms with Gasteiger partial charge in [0, 0.05) is 42.6 Å². The summed E-state index contributed by atoms with van der Waals surface area (Å²) in [7, 11) is 1.77. The van der Waals surface area contributed by atoms with Crippen LogP contribution in [0.3, 0.4) is 0 Å². The van der Waals surface area contributed by atoms with Crippen molar-refractivity contribution in [2.45, 2.75) is 25.8 Å². The van der Waals surface area contributed by atoms with Crippen LogP contribution in [0.15, 0.2) is 48.5 Å². The normalized spacial score (nSPS) is 17.0. The second-order valence-electron chi connectivity index (χ2n) is 7.20. The van der Waals surface area contributed by atoms with Crippen molar-refractivity contribution in [2.75, 3.05) is 13.6 Å². The second kappa shape index (κ2) is 7.38. The van der Waals surface area contributed by atoms with Crippen LogP contribution < -0.4 is 5.32 Å². The van der Waals surface area contributed by atoms with Crippen LogP contribution in [0.2, 0.25) is 0 Å². The van der Waals surface area contributed by atoms with Gasteiger partial charge in [0.25, 0.3) is 5.91 Å². The highest BCUT2D eigenvalue weighted by molar-refractivity contribution is 5.98. The number of likely N-dealkylation sites (N-methyl/N-ethyl adjacent to an activating group) is 1. The molecule has 1 atom stereocenters. The zero-order chi connectivity index (χ0) is 19.7. The van der Waals surface area contributed by atoms with E-state index in [1.54, 1.807) is 18.0 Å². The minimum absolute atomic E-state index is 0.0269. The fourth-order valence-corrected chi connectivity index (χ4v) is 3.62. The van der Waals surface area contributed by atoms with Crippen molar-refractivity contribution in [3.63, 3.8) is 0 Å². The monoisotopic (exact) mass is 374 g/mol. The number of fused-ring (bicyclic) bond motifs is 1. The molecule has 28 heavy (non-hydrogen) atoms. The van der Waals surface area contributed by atoms with Gasteiger partial charge in [0.2, 0.25) is 5.91 Å². The van der Waals surface area contributed by atoms with Gasteiger partial charge in [-0.15, -0.1) is 0 Å². The number of nitrogens with zero attached hydrogens (tertiary/aromatic N) is 3. The van der Waals surface area contributed by atoms with Gasteiger partial charge in [-0.3, -0.25) is 9.59 Å². The maximum Gasteiger partial charge on any atom is 0.251 e. The SMILES string of the molecule is Cc1nc(-c2cccc(C(=O)N[C@@H]3CCC(=O)N(C)C3)c2)c2ccccc2n1. The van der Waals surface area contributed by atoms with Crippen LogP contribution in [0, 0.1) is 6.92 Å². The Morgan fingerprint density at radius 1 is 1.14 bits per heavy atom. The first-order valence-electron chi connectivity index (χ1n) is 9.40. The van der Waals surface area contributed by atoms with E-state index in [9.17, 15) is 9.59 Å². The van der Waals surface area contributed by atoms with E-state index >= 15 is 0 Å². The molecule has 1 aromatic heterocycles. The van der Waals surface area contributed by atoms with Crippen LogP contribution in [0.1, 0.15) is 29.0 Å². The molecule has 6 heteroatoms. The number of rotatable bonds is 3. The van der Waals surface area contributed by atoms with Crippen LogP contribution >= 0.6 is 0 Å². The van der Waals surface area contributed by atoms with Crippen molar-refractivity contribution >= 4 is 22.7 Å². The van der Waals surface area contributed by atoms with E-state index in [4.69, 9.17) is 0 Å². The minimum Gasteiger partial charge on any atom is -0.348 e. The van der Waals surface area contributed by atoms with Gasteiger partial charge in [-0.1, -0.05) is 30.3 Å². The number of benzene rings is 2. The summed E-state index contributed by atoms with van der Waals surface area (Å²) in [4.78, 5) is 35.2. The molecule has 1 aliphatic rings. The van der Waals surface area contributed by atoms with Gasteiger partial charge in [-0.05, 0) is 31.5 Å². The highest BCUT2D eigenvalue weighted by Gasteiger charge is 2.24. The largest absolute Gasteiger partial charge is 0.348 e. The average molecular weight is 374 g/mol. The zero-order valence-corrected chi connectivity index (χ0v) is 16.0. The molecule has 0 unspecified atom stereocenters. The van der Waals surface area contributed by atoms with Gasteiger partial charge in [-0.25, -0.2) is 9.97 Å². The predicted octanol–water partition coefficient (Wildman–Crippen LogP) is 2.96. The number of piperidine rings is 1. The van der Waals surface area contributed by atoms with Gasteiger partial charge < -0.3 is 10.2 Å². The summed E-state index contributed by atoms with van der Waals surface area (Å²) in [5, 5.41) is 4.00. The first-order valence-corrected chi connectivity index (χ1v) is 9.40. The first kappa shape index (κ1) is 18.1. The molecular weight excluding hydrogens is 352 g/mol. The number of carbonyl (C=O) groups is 2. The molecule has 2 aromatic carbocycles. The van der Waals surface area contributed by atoms with E-state index in [2.05, 4.69) is 15.3 Å². The van der Waals surface area contributed by atoms with E-state index in [1.165, 1.54) is 0 Å². The lowest BCUT2D eigenvalue weighted by atomic mass is 10.0. The molecule has 2 amide bonds. The van der Waals surface area contributed by atoms with Gasteiger partial charge >= 0.3 is 0 Å². The number of para-hydroxylation sites is 1. The number of nitrogens with one attached hydrogen (secondary N) is 1. The molecule has 1 N–H and O–H groups in total. The van der Waals surface area contributed by atoms with Crippen molar-refractivity contribution < 1.29 is 9.59 Å². The van der Waals surface area contributed by atoms with Gasteiger partial charge in [0.05, 0.1) is 11.2 Å². The van der Waals surface area contributed by atoms with Crippen molar-refractivity contribution in [1.29, 1.82) is 0 Å². The van der Waals surface area contributed by atoms with Gasteiger partial charge in [0.1, 0.15) is 5.82 Å². The first-order chi connectivity index (χ1) is 13.5. The molecular formula is C22H22N4O2. The van der Waals surface area contributed by atoms with E-state index in [1.807, 2.05) is 49.4 Å². The van der Waals surface area contributed by atoms with E-state index in [0.29, 0.717) is 30.8 Å². The summed E-state index contributed by atoms with van der Waals surface area (Å²) in [5.41, 5.74) is 3.17. The number of hydrogen-bond donors (Lipinski definition) is 1. The molecule has 0 spiro atoms. The molecule has 6 nitrogen and oxygen atoms in total. The number of carbonyl (C=O) groups excluding carboxylic acids is 2. The summed E-state index contributed by atoms with van der Waals surface area (Å²) < 4.78 is 0. The molecule has 2 heterocycles. The van der Waals surface area contributed by atoms with Crippen molar-refractivity contribution in [3.05, 3.63) is 59.9 Å². The number of aromatic nitrogens is 2. The molecule has 3 aromatic rings. The molecule has 142 valence electrons. The maximum atomic E-state index is 12.8. The Morgan fingerprint density at radius 2 is 1.96 bits per heavy atom. The van der Waals surface area contributed by atoms with Crippen molar-refractivity contribution in [1.82, 2.24) is 20.2 Å². The molecule has 1 aliphatic heterocycles. The van der Waals surface area contributed by atoms with Crippen LogP contribution in [-0.2, 0) is 4.79 Å². The summed E-state index contributed by atoms with van der Waals surface area (Å²) in [6, 6.07) is 15.3. The van der Waals surface area contributed by atoms with Gasteiger partial charge in [0.15, 0.2) is 0 Å². The predicted molar refractivity (Wildman–Crippen MR) is 108 cm³/mol. The third kappa shape index (κ3) is 3.58. The molecule has 4 rings (SSSR count). The highest BCUT2D eigenvalue weighted by Crippen LogP contribution is 2.26. The van der Waals surface area contributed by atoms with E-state index in [-0.39, 0.29) is 17.9 Å². The van der Waals surface area contributed by atoms with E-state index < -0.39 is 0 Å². The number of amides is 2. The smallest absolute Gasteiger partial charge is 0.251 e. The van der Waals surface area contributed by atoms with E-state index in [0.717, 1.165) is 22.2 Å². The third-order valence-electron chi connectivity index (χ3n) is 5.08. The number of likely N-dealkylation sites (tertiary alicyclic amines) is 1. The van der Waals surface area contributed by atoms with Crippen LogP contribution in [0.25, 0.3) is 22.2 Å². The Morgan fingerprint density at radius 3 is 2.79 bits per heavy atom.